The molecule has 3 heterocycles. The lowest BCUT2D eigenvalue weighted by Gasteiger charge is -2.23. The van der Waals surface area contributed by atoms with Crippen LogP contribution in [0.5, 0.6) is 0 Å². The number of nitrogens with zero attached hydrogens (tertiary/aromatic N) is 3. The first-order valence-electron chi connectivity index (χ1n) is 7.17. The number of imidazole rings is 1. The topological polar surface area (TPSA) is 73.0 Å². The van der Waals surface area contributed by atoms with Gasteiger partial charge in [-0.15, -0.1) is 0 Å². The van der Waals surface area contributed by atoms with E-state index in [2.05, 4.69) is 15.5 Å². The smallest absolute Gasteiger partial charge is 0.351 e. The molecule has 0 bridgehead atoms. The molecule has 0 saturated heterocycles. The first-order chi connectivity index (χ1) is 10.8. The van der Waals surface area contributed by atoms with E-state index in [1.165, 1.54) is 10.6 Å². The molecule has 0 aliphatic carbocycles. The highest BCUT2D eigenvalue weighted by Crippen LogP contribution is 2.30. The van der Waals surface area contributed by atoms with E-state index < -0.39 is 11.9 Å². The molecule has 1 N–H and O–H groups in total. The molecule has 1 aliphatic rings. The molecule has 9 heteroatoms. The Bertz CT molecular complexity index is 720. The molecule has 0 radical (unpaired) electrons. The molecule has 0 aromatic carbocycles. The maximum atomic E-state index is 12.7. The molecule has 1 amide bonds. The van der Waals surface area contributed by atoms with Crippen LogP contribution in [0.15, 0.2) is 16.8 Å². The molecule has 124 valence electrons. The minimum atomic E-state index is -4.43. The van der Waals surface area contributed by atoms with Crippen LogP contribution in [0.1, 0.15) is 34.2 Å². The van der Waals surface area contributed by atoms with E-state index in [0.29, 0.717) is 37.4 Å². The van der Waals surface area contributed by atoms with Crippen molar-refractivity contribution in [3.8, 4) is 0 Å². The van der Waals surface area contributed by atoms with Gasteiger partial charge in [0.1, 0.15) is 5.82 Å². The van der Waals surface area contributed by atoms with E-state index >= 15 is 0 Å². The summed E-state index contributed by atoms with van der Waals surface area (Å²) in [6.07, 6.45) is -2.27. The van der Waals surface area contributed by atoms with Gasteiger partial charge in [-0.3, -0.25) is 4.79 Å². The second kappa shape index (κ2) is 5.71. The molecular weight excluding hydrogens is 313 g/mol. The van der Waals surface area contributed by atoms with Crippen molar-refractivity contribution in [2.24, 2.45) is 5.92 Å². The van der Waals surface area contributed by atoms with Crippen molar-refractivity contribution in [1.29, 1.82) is 0 Å². The van der Waals surface area contributed by atoms with Gasteiger partial charge in [0.2, 0.25) is 5.76 Å². The number of rotatable bonds is 3. The van der Waals surface area contributed by atoms with E-state index in [9.17, 15) is 18.0 Å². The number of aromatic nitrogens is 3. The van der Waals surface area contributed by atoms with Crippen LogP contribution in [0.25, 0.3) is 0 Å². The number of alkyl halides is 3. The summed E-state index contributed by atoms with van der Waals surface area (Å²) in [6.45, 7) is 2.46. The summed E-state index contributed by atoms with van der Waals surface area (Å²) in [4.78, 5) is 15.5. The molecule has 0 saturated carbocycles. The number of amides is 1. The Morgan fingerprint density at radius 2 is 2.30 bits per heavy atom. The SMILES string of the molecule is Cc1cc(C(=O)NC[C@@H]2CCc3nc(C(F)(F)F)cn3C2)on1. The second-order valence-corrected chi connectivity index (χ2v) is 5.64. The average molecular weight is 328 g/mol. The minimum Gasteiger partial charge on any atom is -0.351 e. The third-order valence-corrected chi connectivity index (χ3v) is 3.78. The molecule has 0 spiro atoms. The fourth-order valence-electron chi connectivity index (χ4n) is 2.61. The zero-order valence-corrected chi connectivity index (χ0v) is 12.4. The van der Waals surface area contributed by atoms with Gasteiger partial charge in [-0.2, -0.15) is 13.2 Å². The van der Waals surface area contributed by atoms with Crippen molar-refractivity contribution in [3.63, 3.8) is 0 Å². The molecule has 2 aromatic rings. The number of nitrogens with one attached hydrogen (secondary N) is 1. The van der Waals surface area contributed by atoms with Crippen LogP contribution in [0.4, 0.5) is 13.2 Å². The maximum absolute atomic E-state index is 12.7. The molecule has 23 heavy (non-hydrogen) atoms. The van der Waals surface area contributed by atoms with Gasteiger partial charge in [0.25, 0.3) is 5.91 Å². The van der Waals surface area contributed by atoms with Crippen LogP contribution in [-0.4, -0.2) is 27.2 Å². The Hall–Kier alpha value is -2.32. The molecule has 1 atom stereocenters. The number of hydrogen-bond donors (Lipinski definition) is 1. The highest BCUT2D eigenvalue weighted by atomic mass is 19.4. The lowest BCUT2D eigenvalue weighted by Crippen LogP contribution is -2.33. The van der Waals surface area contributed by atoms with Crippen LogP contribution in [0.2, 0.25) is 0 Å². The Balaban J connectivity index is 1.59. The molecule has 3 rings (SSSR count). The van der Waals surface area contributed by atoms with E-state index in [0.717, 1.165) is 6.20 Å². The van der Waals surface area contributed by atoms with E-state index in [4.69, 9.17) is 4.52 Å². The molecule has 1 aliphatic heterocycles. The van der Waals surface area contributed by atoms with E-state index in [1.807, 2.05) is 0 Å². The van der Waals surface area contributed by atoms with Gasteiger partial charge >= 0.3 is 6.18 Å². The quantitative estimate of drug-likeness (QED) is 0.937. The predicted molar refractivity (Wildman–Crippen MR) is 72.6 cm³/mol. The van der Waals surface area contributed by atoms with Gasteiger partial charge in [0.15, 0.2) is 5.69 Å². The van der Waals surface area contributed by atoms with Gasteiger partial charge in [-0.25, -0.2) is 4.98 Å². The summed E-state index contributed by atoms with van der Waals surface area (Å²) in [7, 11) is 0. The van der Waals surface area contributed by atoms with Gasteiger partial charge in [-0.05, 0) is 19.3 Å². The minimum absolute atomic E-state index is 0.0470. The van der Waals surface area contributed by atoms with Gasteiger partial charge < -0.3 is 14.4 Å². The Morgan fingerprint density at radius 1 is 1.52 bits per heavy atom. The van der Waals surface area contributed by atoms with Gasteiger partial charge in [0, 0.05) is 31.8 Å². The fourth-order valence-corrected chi connectivity index (χ4v) is 2.61. The lowest BCUT2D eigenvalue weighted by molar-refractivity contribution is -0.141. The Kier molecular flexibility index (Phi) is 3.87. The Morgan fingerprint density at radius 3 is 2.96 bits per heavy atom. The summed E-state index contributed by atoms with van der Waals surface area (Å²) in [5.74, 6) is 0.232. The van der Waals surface area contributed by atoms with Crippen LogP contribution in [0.3, 0.4) is 0 Å². The number of halogens is 3. The predicted octanol–water partition coefficient (Wildman–Crippen LogP) is 2.19. The van der Waals surface area contributed by atoms with E-state index in [-0.39, 0.29) is 17.6 Å². The van der Waals surface area contributed by atoms with Crippen molar-refractivity contribution in [3.05, 3.63) is 35.2 Å². The number of carbonyl (C=O) groups excluding carboxylic acids is 1. The van der Waals surface area contributed by atoms with Crippen LogP contribution < -0.4 is 5.32 Å². The summed E-state index contributed by atoms with van der Waals surface area (Å²) >= 11 is 0. The van der Waals surface area contributed by atoms with Crippen molar-refractivity contribution >= 4 is 5.91 Å². The first kappa shape index (κ1) is 15.6. The molecular formula is C14H15F3N4O2. The largest absolute Gasteiger partial charge is 0.434 e. The summed E-state index contributed by atoms with van der Waals surface area (Å²) in [6, 6.07) is 1.53. The number of fused-ring (bicyclic) bond motifs is 1. The lowest BCUT2D eigenvalue weighted by atomic mass is 9.99. The maximum Gasteiger partial charge on any atom is 0.434 e. The molecule has 6 nitrogen and oxygen atoms in total. The summed E-state index contributed by atoms with van der Waals surface area (Å²) in [5.41, 5.74) is -0.259. The van der Waals surface area contributed by atoms with Gasteiger partial charge in [-0.1, -0.05) is 5.16 Å². The monoisotopic (exact) mass is 328 g/mol. The zero-order chi connectivity index (χ0) is 16.6. The second-order valence-electron chi connectivity index (χ2n) is 5.64. The van der Waals surface area contributed by atoms with Crippen molar-refractivity contribution in [2.45, 2.75) is 32.5 Å². The molecule has 0 fully saturated rings. The highest BCUT2D eigenvalue weighted by molar-refractivity contribution is 5.91. The Labute approximate surface area is 129 Å². The normalized spacial score (nSPS) is 17.8. The standard InChI is InChI=1S/C14H15F3N4O2/c1-8-4-10(23-20-8)13(22)18-5-9-2-3-12-19-11(14(15,16)17)7-21(12)6-9/h4,7,9H,2-3,5-6H2,1H3,(H,18,22)/t9-/m0/s1. The fraction of sp³-hybridized carbons (Fsp3) is 0.500. The molecule has 2 aromatic heterocycles. The summed E-state index contributed by atoms with van der Waals surface area (Å²) in [5, 5.41) is 6.35. The molecule has 0 unspecified atom stereocenters. The number of hydrogen-bond acceptors (Lipinski definition) is 4. The van der Waals surface area contributed by atoms with Crippen LogP contribution in [0, 0.1) is 12.8 Å². The van der Waals surface area contributed by atoms with Crippen molar-refractivity contribution < 1.29 is 22.5 Å². The first-order valence-corrected chi connectivity index (χ1v) is 7.17. The number of aryl methyl sites for hydroxylation is 2. The zero-order valence-electron chi connectivity index (χ0n) is 12.4. The third kappa shape index (κ3) is 3.38. The third-order valence-electron chi connectivity index (χ3n) is 3.78. The van der Waals surface area contributed by atoms with E-state index in [1.54, 1.807) is 6.92 Å². The number of carbonyl (C=O) groups is 1. The van der Waals surface area contributed by atoms with Crippen molar-refractivity contribution in [1.82, 2.24) is 20.0 Å². The van der Waals surface area contributed by atoms with Crippen LogP contribution in [-0.2, 0) is 19.1 Å². The van der Waals surface area contributed by atoms with Gasteiger partial charge in [0.05, 0.1) is 5.69 Å². The van der Waals surface area contributed by atoms with Crippen molar-refractivity contribution in [2.75, 3.05) is 6.54 Å². The average Bonchev–Trinajstić information content (AvgIpc) is 3.09. The summed E-state index contributed by atoms with van der Waals surface area (Å²) < 4.78 is 44.4. The van der Waals surface area contributed by atoms with Crippen LogP contribution >= 0.6 is 0 Å². The highest BCUT2D eigenvalue weighted by Gasteiger charge is 2.35.